The Morgan fingerprint density at radius 1 is 0.938 bits per heavy atom. The highest BCUT2D eigenvalue weighted by molar-refractivity contribution is 5.94. The summed E-state index contributed by atoms with van der Waals surface area (Å²) in [5, 5.41) is 3.36. The number of ether oxygens (including phenoxy) is 1. The number of nitrogens with one attached hydrogen (secondary N) is 1. The van der Waals surface area contributed by atoms with Crippen LogP contribution in [0.3, 0.4) is 0 Å². The topological polar surface area (TPSA) is 58.6 Å². The third-order valence-electron chi connectivity index (χ3n) is 7.20. The van der Waals surface area contributed by atoms with Crippen LogP contribution in [0.15, 0.2) is 48.5 Å². The van der Waals surface area contributed by atoms with Crippen molar-refractivity contribution in [2.75, 3.05) is 20.2 Å². The van der Waals surface area contributed by atoms with E-state index in [1.54, 1.807) is 7.11 Å². The molecule has 0 unspecified atom stereocenters. The summed E-state index contributed by atoms with van der Waals surface area (Å²) in [5.41, 5.74) is 2.51. The monoisotopic (exact) mass is 434 g/mol. The maximum absolute atomic E-state index is 13.6. The van der Waals surface area contributed by atoms with E-state index in [-0.39, 0.29) is 17.9 Å². The molecule has 1 aliphatic heterocycles. The summed E-state index contributed by atoms with van der Waals surface area (Å²) in [5.74, 6) is 1.04. The van der Waals surface area contributed by atoms with Gasteiger partial charge in [0.2, 0.25) is 5.91 Å². The number of amides is 2. The van der Waals surface area contributed by atoms with Crippen LogP contribution in [0.25, 0.3) is 0 Å². The molecule has 0 spiro atoms. The molecule has 2 fully saturated rings. The van der Waals surface area contributed by atoms with E-state index in [4.69, 9.17) is 4.74 Å². The standard InChI is InChI=1S/C27H34N2O3/c1-20-6-8-21(9-7-20)25(30)29-18-14-23(15-19-29)28-26(31)27(16-4-3-5-17-27)22-10-12-24(32-2)13-11-22/h6-13,23H,3-5,14-19H2,1-2H3,(H,28,31). The molecule has 2 aliphatic rings. The molecule has 0 aromatic heterocycles. The summed E-state index contributed by atoms with van der Waals surface area (Å²) >= 11 is 0. The van der Waals surface area contributed by atoms with Gasteiger partial charge in [-0.3, -0.25) is 9.59 Å². The number of carbonyl (C=O) groups excluding carboxylic acids is 2. The van der Waals surface area contributed by atoms with Crippen LogP contribution in [0.2, 0.25) is 0 Å². The van der Waals surface area contributed by atoms with Crippen molar-refractivity contribution in [2.45, 2.75) is 63.3 Å². The third-order valence-corrected chi connectivity index (χ3v) is 7.20. The molecule has 0 radical (unpaired) electrons. The lowest BCUT2D eigenvalue weighted by Crippen LogP contribution is -2.52. The zero-order valence-electron chi connectivity index (χ0n) is 19.2. The average molecular weight is 435 g/mol. The molecule has 5 heteroatoms. The van der Waals surface area contributed by atoms with Crippen LogP contribution in [0.1, 0.15) is 66.4 Å². The van der Waals surface area contributed by atoms with Crippen molar-refractivity contribution in [2.24, 2.45) is 0 Å². The van der Waals surface area contributed by atoms with Gasteiger partial charge in [0.15, 0.2) is 0 Å². The highest BCUT2D eigenvalue weighted by Gasteiger charge is 2.42. The minimum absolute atomic E-state index is 0.0803. The number of hydrogen-bond acceptors (Lipinski definition) is 3. The average Bonchev–Trinajstić information content (AvgIpc) is 2.85. The Morgan fingerprint density at radius 3 is 2.16 bits per heavy atom. The Labute approximate surface area is 191 Å². The lowest BCUT2D eigenvalue weighted by Gasteiger charge is -2.39. The highest BCUT2D eigenvalue weighted by Crippen LogP contribution is 2.40. The van der Waals surface area contributed by atoms with Crippen LogP contribution in [0, 0.1) is 6.92 Å². The number of piperidine rings is 1. The predicted octanol–water partition coefficient (Wildman–Crippen LogP) is 4.63. The van der Waals surface area contributed by atoms with E-state index >= 15 is 0 Å². The van der Waals surface area contributed by atoms with Crippen molar-refractivity contribution in [3.05, 3.63) is 65.2 Å². The number of methoxy groups -OCH3 is 1. The van der Waals surface area contributed by atoms with Gasteiger partial charge in [0.05, 0.1) is 12.5 Å². The largest absolute Gasteiger partial charge is 0.497 e. The van der Waals surface area contributed by atoms with E-state index in [1.807, 2.05) is 60.4 Å². The first-order chi connectivity index (χ1) is 15.5. The molecule has 1 saturated heterocycles. The Bertz CT molecular complexity index is 922. The van der Waals surface area contributed by atoms with Crippen molar-refractivity contribution in [3.8, 4) is 5.75 Å². The molecule has 2 aromatic rings. The maximum Gasteiger partial charge on any atom is 0.253 e. The number of benzene rings is 2. The predicted molar refractivity (Wildman–Crippen MR) is 126 cm³/mol. The molecule has 2 aromatic carbocycles. The summed E-state index contributed by atoms with van der Waals surface area (Å²) in [6, 6.07) is 15.9. The fourth-order valence-electron chi connectivity index (χ4n) is 5.14. The molecule has 32 heavy (non-hydrogen) atoms. The van der Waals surface area contributed by atoms with Gasteiger partial charge in [-0.25, -0.2) is 0 Å². The molecule has 1 aliphatic carbocycles. The van der Waals surface area contributed by atoms with E-state index in [9.17, 15) is 9.59 Å². The highest BCUT2D eigenvalue weighted by atomic mass is 16.5. The summed E-state index contributed by atoms with van der Waals surface area (Å²) in [6.07, 6.45) is 6.69. The molecule has 170 valence electrons. The second-order valence-corrected chi connectivity index (χ2v) is 9.28. The Balaban J connectivity index is 1.40. The first kappa shape index (κ1) is 22.4. The summed E-state index contributed by atoms with van der Waals surface area (Å²) in [7, 11) is 1.66. The van der Waals surface area contributed by atoms with Crippen molar-refractivity contribution in [3.63, 3.8) is 0 Å². The Hall–Kier alpha value is -2.82. The Morgan fingerprint density at radius 2 is 1.56 bits per heavy atom. The van der Waals surface area contributed by atoms with Gasteiger partial charge in [-0.05, 0) is 62.4 Å². The minimum Gasteiger partial charge on any atom is -0.497 e. The van der Waals surface area contributed by atoms with Gasteiger partial charge in [0.1, 0.15) is 5.75 Å². The van der Waals surface area contributed by atoms with Gasteiger partial charge < -0.3 is 15.0 Å². The van der Waals surface area contributed by atoms with E-state index in [1.165, 1.54) is 6.42 Å². The van der Waals surface area contributed by atoms with Gasteiger partial charge in [-0.15, -0.1) is 0 Å². The van der Waals surface area contributed by atoms with Crippen LogP contribution in [-0.2, 0) is 10.2 Å². The van der Waals surface area contributed by atoms with Crippen LogP contribution >= 0.6 is 0 Å². The third kappa shape index (κ3) is 4.67. The quantitative estimate of drug-likeness (QED) is 0.747. The fourth-order valence-corrected chi connectivity index (χ4v) is 5.14. The van der Waals surface area contributed by atoms with Crippen molar-refractivity contribution in [1.82, 2.24) is 10.2 Å². The minimum atomic E-state index is -0.459. The van der Waals surface area contributed by atoms with Crippen molar-refractivity contribution in [1.29, 1.82) is 0 Å². The van der Waals surface area contributed by atoms with E-state index in [0.29, 0.717) is 13.1 Å². The van der Waals surface area contributed by atoms with Gasteiger partial charge in [-0.2, -0.15) is 0 Å². The van der Waals surface area contributed by atoms with E-state index < -0.39 is 5.41 Å². The van der Waals surface area contributed by atoms with Gasteiger partial charge >= 0.3 is 0 Å². The smallest absolute Gasteiger partial charge is 0.253 e. The van der Waals surface area contributed by atoms with Gasteiger partial charge in [0.25, 0.3) is 5.91 Å². The van der Waals surface area contributed by atoms with E-state index in [0.717, 1.165) is 61.0 Å². The summed E-state index contributed by atoms with van der Waals surface area (Å²) < 4.78 is 5.31. The lowest BCUT2D eigenvalue weighted by atomic mass is 9.68. The van der Waals surface area contributed by atoms with Gasteiger partial charge in [0, 0.05) is 24.7 Å². The SMILES string of the molecule is COc1ccc(C2(C(=O)NC3CCN(C(=O)c4ccc(C)cc4)CC3)CCCCC2)cc1. The van der Waals surface area contributed by atoms with Gasteiger partial charge in [-0.1, -0.05) is 49.1 Å². The molecule has 0 atom stereocenters. The second kappa shape index (κ2) is 9.76. The lowest BCUT2D eigenvalue weighted by molar-refractivity contribution is -0.129. The zero-order chi connectivity index (χ0) is 22.6. The summed E-state index contributed by atoms with van der Waals surface area (Å²) in [4.78, 5) is 28.3. The second-order valence-electron chi connectivity index (χ2n) is 9.28. The molecule has 2 amide bonds. The summed E-state index contributed by atoms with van der Waals surface area (Å²) in [6.45, 7) is 3.37. The molecule has 0 bridgehead atoms. The molecular formula is C27H34N2O3. The number of nitrogens with zero attached hydrogens (tertiary/aromatic N) is 1. The Kier molecular flexibility index (Phi) is 6.83. The molecular weight excluding hydrogens is 400 g/mol. The number of hydrogen-bond donors (Lipinski definition) is 1. The molecule has 1 saturated carbocycles. The van der Waals surface area contributed by atoms with Crippen LogP contribution < -0.4 is 10.1 Å². The fraction of sp³-hybridized carbons (Fsp3) is 0.481. The van der Waals surface area contributed by atoms with Crippen molar-refractivity contribution >= 4 is 11.8 Å². The number of carbonyl (C=O) groups is 2. The molecule has 1 N–H and O–H groups in total. The number of aryl methyl sites for hydroxylation is 1. The van der Waals surface area contributed by atoms with E-state index in [2.05, 4.69) is 5.32 Å². The zero-order valence-corrected chi connectivity index (χ0v) is 19.2. The first-order valence-electron chi connectivity index (χ1n) is 11.8. The van der Waals surface area contributed by atoms with Crippen molar-refractivity contribution < 1.29 is 14.3 Å². The molecule has 1 heterocycles. The molecule has 5 nitrogen and oxygen atoms in total. The van der Waals surface area contributed by atoms with Crippen LogP contribution in [0.4, 0.5) is 0 Å². The number of rotatable bonds is 5. The van der Waals surface area contributed by atoms with Crippen LogP contribution in [0.5, 0.6) is 5.75 Å². The molecule has 4 rings (SSSR count). The number of likely N-dealkylation sites (tertiary alicyclic amines) is 1. The maximum atomic E-state index is 13.6. The first-order valence-corrected chi connectivity index (χ1v) is 11.8. The van der Waals surface area contributed by atoms with Crippen LogP contribution in [-0.4, -0.2) is 43.0 Å². The normalized spacial score (nSPS) is 18.8.